The predicted molar refractivity (Wildman–Crippen MR) is 102 cm³/mol. The highest BCUT2D eigenvalue weighted by Gasteiger charge is 2.15. The topological polar surface area (TPSA) is 68.0 Å². The second-order valence-electron chi connectivity index (χ2n) is 7.23. The van der Waals surface area contributed by atoms with Gasteiger partial charge in [-0.15, -0.1) is 0 Å². The summed E-state index contributed by atoms with van der Waals surface area (Å²) < 4.78 is 16.6. The van der Waals surface area contributed by atoms with Crippen molar-refractivity contribution in [3.05, 3.63) is 24.2 Å². The van der Waals surface area contributed by atoms with Crippen molar-refractivity contribution in [3.8, 4) is 0 Å². The molecule has 1 aromatic heterocycles. The fraction of sp³-hybridized carbons (Fsp3) is 0.750. The normalized spacial score (nSPS) is 23.9. The van der Waals surface area contributed by atoms with Crippen molar-refractivity contribution in [2.75, 3.05) is 39.5 Å². The van der Waals surface area contributed by atoms with Crippen molar-refractivity contribution in [1.82, 2.24) is 10.6 Å². The Kier molecular flexibility index (Phi) is 8.32. The molecule has 0 bridgehead atoms. The molecule has 2 fully saturated rings. The van der Waals surface area contributed by atoms with E-state index in [4.69, 9.17) is 18.9 Å². The molecule has 26 heavy (non-hydrogen) atoms. The van der Waals surface area contributed by atoms with E-state index in [1.807, 2.05) is 12.1 Å². The SMILES string of the molecule is c1coc(CCNC(=NCC2CCOC2)NCCCC2CCCCO2)c1. The minimum absolute atomic E-state index is 0.452. The van der Waals surface area contributed by atoms with Gasteiger partial charge in [0.2, 0.25) is 0 Å². The molecule has 0 aromatic carbocycles. The van der Waals surface area contributed by atoms with Crippen LogP contribution < -0.4 is 10.6 Å². The van der Waals surface area contributed by atoms with Gasteiger partial charge in [-0.3, -0.25) is 4.99 Å². The molecule has 0 saturated carbocycles. The monoisotopic (exact) mass is 363 g/mol. The molecule has 2 aliphatic rings. The summed E-state index contributed by atoms with van der Waals surface area (Å²) in [7, 11) is 0. The highest BCUT2D eigenvalue weighted by molar-refractivity contribution is 5.79. The molecule has 2 saturated heterocycles. The summed E-state index contributed by atoms with van der Waals surface area (Å²) in [6.07, 6.45) is 10.1. The number of aliphatic imine (C=N–C) groups is 1. The van der Waals surface area contributed by atoms with Gasteiger partial charge in [0.25, 0.3) is 0 Å². The van der Waals surface area contributed by atoms with Crippen molar-refractivity contribution in [2.45, 2.75) is 51.0 Å². The third-order valence-electron chi connectivity index (χ3n) is 5.04. The van der Waals surface area contributed by atoms with Gasteiger partial charge in [0, 0.05) is 45.2 Å². The van der Waals surface area contributed by atoms with Crippen LogP contribution in [-0.2, 0) is 15.9 Å². The number of nitrogens with zero attached hydrogens (tertiary/aromatic N) is 1. The fourth-order valence-corrected chi connectivity index (χ4v) is 3.45. The highest BCUT2D eigenvalue weighted by atomic mass is 16.5. The lowest BCUT2D eigenvalue weighted by molar-refractivity contribution is 0.0104. The first kappa shape index (κ1) is 19.2. The van der Waals surface area contributed by atoms with E-state index < -0.39 is 0 Å². The van der Waals surface area contributed by atoms with Crippen molar-refractivity contribution in [2.24, 2.45) is 10.9 Å². The van der Waals surface area contributed by atoms with E-state index in [0.717, 1.165) is 76.9 Å². The van der Waals surface area contributed by atoms with Crippen LogP contribution in [0.25, 0.3) is 0 Å². The fourth-order valence-electron chi connectivity index (χ4n) is 3.45. The van der Waals surface area contributed by atoms with Crippen LogP contribution >= 0.6 is 0 Å². The Bertz CT molecular complexity index is 506. The number of hydrogen-bond donors (Lipinski definition) is 2. The number of hydrogen-bond acceptors (Lipinski definition) is 4. The number of furan rings is 1. The van der Waals surface area contributed by atoms with Gasteiger partial charge >= 0.3 is 0 Å². The molecule has 2 aliphatic heterocycles. The second kappa shape index (κ2) is 11.2. The van der Waals surface area contributed by atoms with E-state index in [1.54, 1.807) is 6.26 Å². The molecule has 0 spiro atoms. The maximum Gasteiger partial charge on any atom is 0.191 e. The van der Waals surface area contributed by atoms with Gasteiger partial charge in [0.1, 0.15) is 5.76 Å². The first-order chi connectivity index (χ1) is 12.9. The van der Waals surface area contributed by atoms with Crippen LogP contribution in [0, 0.1) is 5.92 Å². The lowest BCUT2D eigenvalue weighted by atomic mass is 10.0. The molecule has 2 atom stereocenters. The largest absolute Gasteiger partial charge is 0.469 e. The Morgan fingerprint density at radius 1 is 1.15 bits per heavy atom. The highest BCUT2D eigenvalue weighted by Crippen LogP contribution is 2.16. The lowest BCUT2D eigenvalue weighted by Crippen LogP contribution is -2.39. The summed E-state index contributed by atoms with van der Waals surface area (Å²) in [4.78, 5) is 4.76. The quantitative estimate of drug-likeness (QED) is 0.401. The lowest BCUT2D eigenvalue weighted by Gasteiger charge is -2.22. The third-order valence-corrected chi connectivity index (χ3v) is 5.04. The Balaban J connectivity index is 1.38. The van der Waals surface area contributed by atoms with Gasteiger partial charge < -0.3 is 24.5 Å². The Morgan fingerprint density at radius 2 is 2.12 bits per heavy atom. The molecule has 6 heteroatoms. The molecule has 3 heterocycles. The molecule has 3 rings (SSSR count). The molecular weight excluding hydrogens is 330 g/mol. The maximum absolute atomic E-state index is 5.81. The molecule has 0 amide bonds. The van der Waals surface area contributed by atoms with E-state index in [2.05, 4.69) is 10.6 Å². The molecular formula is C20H33N3O3. The summed E-state index contributed by atoms with van der Waals surface area (Å²) in [6.45, 7) is 5.20. The third kappa shape index (κ3) is 7.00. The number of rotatable bonds is 9. The van der Waals surface area contributed by atoms with Crippen molar-refractivity contribution >= 4 is 5.96 Å². The molecule has 6 nitrogen and oxygen atoms in total. The minimum Gasteiger partial charge on any atom is -0.469 e. The van der Waals surface area contributed by atoms with Gasteiger partial charge in [-0.2, -0.15) is 0 Å². The van der Waals surface area contributed by atoms with E-state index in [1.165, 1.54) is 19.3 Å². The second-order valence-corrected chi connectivity index (χ2v) is 7.23. The average Bonchev–Trinajstić information content (AvgIpc) is 3.37. The van der Waals surface area contributed by atoms with Gasteiger partial charge in [0.05, 0.1) is 19.0 Å². The van der Waals surface area contributed by atoms with E-state index in [0.29, 0.717) is 12.0 Å². The van der Waals surface area contributed by atoms with E-state index in [-0.39, 0.29) is 0 Å². The maximum atomic E-state index is 5.81. The molecule has 146 valence electrons. The minimum atomic E-state index is 0.452. The number of guanidine groups is 1. The van der Waals surface area contributed by atoms with Crippen LogP contribution in [0.5, 0.6) is 0 Å². The zero-order valence-electron chi connectivity index (χ0n) is 15.8. The zero-order valence-corrected chi connectivity index (χ0v) is 15.8. The Morgan fingerprint density at radius 3 is 2.88 bits per heavy atom. The standard InChI is InChI=1S/C20H33N3O3/c1-2-12-25-18(5-1)6-3-10-21-20(23-15-17-9-14-24-16-17)22-11-8-19-7-4-13-26-19/h4,7,13,17-18H,1-3,5-6,8-12,14-16H2,(H2,21,22,23). The van der Waals surface area contributed by atoms with Crippen molar-refractivity contribution < 1.29 is 13.9 Å². The van der Waals surface area contributed by atoms with Gasteiger partial charge in [0.15, 0.2) is 5.96 Å². The van der Waals surface area contributed by atoms with Gasteiger partial charge in [-0.25, -0.2) is 0 Å². The summed E-state index contributed by atoms with van der Waals surface area (Å²) in [5.74, 6) is 2.44. The first-order valence-electron chi connectivity index (χ1n) is 10.1. The number of ether oxygens (including phenoxy) is 2. The van der Waals surface area contributed by atoms with Crippen LogP contribution in [0.3, 0.4) is 0 Å². The molecule has 2 unspecified atom stereocenters. The smallest absolute Gasteiger partial charge is 0.191 e. The van der Waals surface area contributed by atoms with Crippen molar-refractivity contribution in [1.29, 1.82) is 0 Å². The summed E-state index contributed by atoms with van der Waals surface area (Å²) in [6, 6.07) is 3.93. The zero-order chi connectivity index (χ0) is 17.9. The van der Waals surface area contributed by atoms with Crippen LogP contribution in [-0.4, -0.2) is 51.5 Å². The predicted octanol–water partition coefficient (Wildman–Crippen LogP) is 2.74. The average molecular weight is 364 g/mol. The Labute approximate surface area is 156 Å². The van der Waals surface area contributed by atoms with Gasteiger partial charge in [-0.05, 0) is 50.7 Å². The summed E-state index contributed by atoms with van der Waals surface area (Å²) in [5.41, 5.74) is 0. The van der Waals surface area contributed by atoms with E-state index >= 15 is 0 Å². The molecule has 1 aromatic rings. The van der Waals surface area contributed by atoms with Crippen LogP contribution in [0.15, 0.2) is 27.8 Å². The van der Waals surface area contributed by atoms with Crippen LogP contribution in [0.2, 0.25) is 0 Å². The Hall–Kier alpha value is -1.53. The van der Waals surface area contributed by atoms with Crippen LogP contribution in [0.1, 0.15) is 44.3 Å². The van der Waals surface area contributed by atoms with Crippen LogP contribution in [0.4, 0.5) is 0 Å². The first-order valence-corrected chi connectivity index (χ1v) is 10.1. The summed E-state index contributed by atoms with van der Waals surface area (Å²) >= 11 is 0. The van der Waals surface area contributed by atoms with E-state index in [9.17, 15) is 0 Å². The van der Waals surface area contributed by atoms with Crippen molar-refractivity contribution in [3.63, 3.8) is 0 Å². The molecule has 0 aliphatic carbocycles. The number of nitrogens with one attached hydrogen (secondary N) is 2. The summed E-state index contributed by atoms with van der Waals surface area (Å²) in [5, 5.41) is 6.90. The van der Waals surface area contributed by atoms with Gasteiger partial charge in [-0.1, -0.05) is 0 Å². The molecule has 2 N–H and O–H groups in total. The molecule has 0 radical (unpaired) electrons.